The van der Waals surface area contributed by atoms with Crippen LogP contribution in [-0.4, -0.2) is 49.7 Å². The fraction of sp³-hybridized carbons (Fsp3) is 0.923. The molecule has 3 unspecified atom stereocenters. The van der Waals surface area contributed by atoms with Crippen LogP contribution < -0.4 is 5.32 Å². The van der Waals surface area contributed by atoms with E-state index in [-0.39, 0.29) is 12.0 Å². The maximum Gasteiger partial charge on any atom is 0.227 e. The van der Waals surface area contributed by atoms with E-state index in [0.717, 1.165) is 32.5 Å². The van der Waals surface area contributed by atoms with Crippen LogP contribution in [0.4, 0.5) is 0 Å². The van der Waals surface area contributed by atoms with E-state index >= 15 is 0 Å². The average molecular weight is 240 g/mol. The number of hydrogen-bond acceptors (Lipinski definition) is 3. The highest BCUT2D eigenvalue weighted by Crippen LogP contribution is 2.21. The van der Waals surface area contributed by atoms with Crippen molar-refractivity contribution in [1.82, 2.24) is 10.2 Å². The standard InChI is InChI=1S/C13H24N2O2/c1-3-12-9-17-5-4-15(12)13(16)11-6-10(2)7-14-8-11/h10-12,14H,3-9H2,1-2H3. The highest BCUT2D eigenvalue weighted by molar-refractivity contribution is 5.79. The summed E-state index contributed by atoms with van der Waals surface area (Å²) < 4.78 is 5.45. The van der Waals surface area contributed by atoms with E-state index < -0.39 is 0 Å². The second-order valence-electron chi connectivity index (χ2n) is 5.36. The predicted molar refractivity (Wildman–Crippen MR) is 66.8 cm³/mol. The molecule has 17 heavy (non-hydrogen) atoms. The monoisotopic (exact) mass is 240 g/mol. The van der Waals surface area contributed by atoms with Gasteiger partial charge in [-0.1, -0.05) is 13.8 Å². The van der Waals surface area contributed by atoms with E-state index in [1.165, 1.54) is 0 Å². The lowest BCUT2D eigenvalue weighted by Crippen LogP contribution is -2.53. The van der Waals surface area contributed by atoms with Crippen LogP contribution in [0.25, 0.3) is 0 Å². The highest BCUT2D eigenvalue weighted by Gasteiger charge is 2.33. The minimum absolute atomic E-state index is 0.172. The molecule has 1 amide bonds. The predicted octanol–water partition coefficient (Wildman–Crippen LogP) is 0.869. The third-order valence-electron chi connectivity index (χ3n) is 3.90. The Bertz CT molecular complexity index is 270. The van der Waals surface area contributed by atoms with Crippen LogP contribution in [0.1, 0.15) is 26.7 Å². The Morgan fingerprint density at radius 1 is 1.47 bits per heavy atom. The lowest BCUT2D eigenvalue weighted by Gasteiger charge is -2.39. The van der Waals surface area contributed by atoms with E-state index in [9.17, 15) is 4.79 Å². The zero-order valence-electron chi connectivity index (χ0n) is 10.9. The topological polar surface area (TPSA) is 41.6 Å². The van der Waals surface area contributed by atoms with Gasteiger partial charge in [-0.25, -0.2) is 0 Å². The van der Waals surface area contributed by atoms with E-state index in [2.05, 4.69) is 19.2 Å². The van der Waals surface area contributed by atoms with Crippen molar-refractivity contribution in [2.24, 2.45) is 11.8 Å². The molecule has 0 aromatic carbocycles. The van der Waals surface area contributed by atoms with Crippen molar-refractivity contribution in [3.63, 3.8) is 0 Å². The van der Waals surface area contributed by atoms with Crippen LogP contribution in [0.2, 0.25) is 0 Å². The smallest absolute Gasteiger partial charge is 0.227 e. The maximum absolute atomic E-state index is 12.5. The minimum atomic E-state index is 0.172. The van der Waals surface area contributed by atoms with E-state index in [1.54, 1.807) is 0 Å². The van der Waals surface area contributed by atoms with Crippen LogP contribution >= 0.6 is 0 Å². The van der Waals surface area contributed by atoms with Crippen LogP contribution in [0, 0.1) is 11.8 Å². The van der Waals surface area contributed by atoms with Gasteiger partial charge in [-0.2, -0.15) is 0 Å². The first-order chi connectivity index (χ1) is 8.22. The quantitative estimate of drug-likeness (QED) is 0.778. The summed E-state index contributed by atoms with van der Waals surface area (Å²) in [5.41, 5.74) is 0. The number of amides is 1. The van der Waals surface area contributed by atoms with Crippen molar-refractivity contribution >= 4 is 5.91 Å². The van der Waals surface area contributed by atoms with Gasteiger partial charge < -0.3 is 15.0 Å². The number of hydrogen-bond donors (Lipinski definition) is 1. The number of morpholine rings is 1. The van der Waals surface area contributed by atoms with Gasteiger partial charge in [-0.15, -0.1) is 0 Å². The lowest BCUT2D eigenvalue weighted by atomic mass is 9.90. The molecule has 1 N–H and O–H groups in total. The van der Waals surface area contributed by atoms with Crippen LogP contribution in [0.15, 0.2) is 0 Å². The van der Waals surface area contributed by atoms with Gasteiger partial charge >= 0.3 is 0 Å². The molecule has 0 bridgehead atoms. The first-order valence-electron chi connectivity index (χ1n) is 6.81. The van der Waals surface area contributed by atoms with E-state index in [1.807, 2.05) is 4.90 Å². The number of nitrogens with zero attached hydrogens (tertiary/aromatic N) is 1. The Morgan fingerprint density at radius 3 is 3.00 bits per heavy atom. The first kappa shape index (κ1) is 12.8. The number of nitrogens with one attached hydrogen (secondary N) is 1. The van der Waals surface area contributed by atoms with Crippen LogP contribution in [-0.2, 0) is 9.53 Å². The number of ether oxygens (including phenoxy) is 1. The summed E-state index contributed by atoms with van der Waals surface area (Å²) in [4.78, 5) is 14.5. The van der Waals surface area contributed by atoms with Crippen molar-refractivity contribution in [1.29, 1.82) is 0 Å². The zero-order chi connectivity index (χ0) is 12.3. The largest absolute Gasteiger partial charge is 0.377 e. The molecule has 0 saturated carbocycles. The van der Waals surface area contributed by atoms with Crippen molar-refractivity contribution < 1.29 is 9.53 Å². The summed E-state index contributed by atoms with van der Waals surface area (Å²) in [6.45, 7) is 8.39. The van der Waals surface area contributed by atoms with Crippen molar-refractivity contribution in [3.05, 3.63) is 0 Å². The van der Waals surface area contributed by atoms with Crippen LogP contribution in [0.5, 0.6) is 0 Å². The van der Waals surface area contributed by atoms with Gasteiger partial charge in [0.15, 0.2) is 0 Å². The molecule has 0 spiro atoms. The molecule has 0 radical (unpaired) electrons. The number of rotatable bonds is 2. The normalized spacial score (nSPS) is 34.7. The summed E-state index contributed by atoms with van der Waals surface area (Å²) in [5, 5.41) is 3.36. The van der Waals surface area contributed by atoms with Crippen LogP contribution in [0.3, 0.4) is 0 Å². The molecule has 0 aliphatic carbocycles. The van der Waals surface area contributed by atoms with Gasteiger partial charge in [0.25, 0.3) is 0 Å². The highest BCUT2D eigenvalue weighted by atomic mass is 16.5. The Kier molecular flexibility index (Phi) is 4.40. The minimum Gasteiger partial charge on any atom is -0.377 e. The molecule has 4 nitrogen and oxygen atoms in total. The molecule has 2 fully saturated rings. The molecule has 0 aromatic heterocycles. The third kappa shape index (κ3) is 2.99. The molecule has 2 rings (SSSR count). The lowest BCUT2D eigenvalue weighted by molar-refractivity contribution is -0.145. The van der Waals surface area contributed by atoms with Gasteiger partial charge in [0.05, 0.1) is 25.2 Å². The molecule has 3 atom stereocenters. The second-order valence-corrected chi connectivity index (χ2v) is 5.36. The molecule has 98 valence electrons. The molecule has 0 aromatic rings. The molecular weight excluding hydrogens is 216 g/mol. The molecule has 2 heterocycles. The summed E-state index contributed by atoms with van der Waals surface area (Å²) in [7, 11) is 0. The van der Waals surface area contributed by atoms with Gasteiger partial charge in [-0.05, 0) is 25.3 Å². The zero-order valence-corrected chi connectivity index (χ0v) is 10.9. The molecule has 2 saturated heterocycles. The Morgan fingerprint density at radius 2 is 2.29 bits per heavy atom. The fourth-order valence-electron chi connectivity index (χ4n) is 2.86. The van der Waals surface area contributed by atoms with Gasteiger partial charge in [0.1, 0.15) is 0 Å². The summed E-state index contributed by atoms with van der Waals surface area (Å²) in [5.74, 6) is 1.11. The van der Waals surface area contributed by atoms with Crippen molar-refractivity contribution in [2.75, 3.05) is 32.8 Å². The Hall–Kier alpha value is -0.610. The first-order valence-corrected chi connectivity index (χ1v) is 6.81. The van der Waals surface area contributed by atoms with E-state index in [0.29, 0.717) is 25.0 Å². The fourth-order valence-corrected chi connectivity index (χ4v) is 2.86. The number of carbonyl (C=O) groups is 1. The molecular formula is C13H24N2O2. The third-order valence-corrected chi connectivity index (χ3v) is 3.90. The Balaban J connectivity index is 1.97. The summed E-state index contributed by atoms with van der Waals surface area (Å²) >= 11 is 0. The summed E-state index contributed by atoms with van der Waals surface area (Å²) in [6.07, 6.45) is 2.01. The summed E-state index contributed by atoms with van der Waals surface area (Å²) in [6, 6.07) is 0.286. The van der Waals surface area contributed by atoms with Crippen molar-refractivity contribution in [3.8, 4) is 0 Å². The average Bonchev–Trinajstić information content (AvgIpc) is 2.38. The Labute approximate surface area is 104 Å². The molecule has 4 heteroatoms. The van der Waals surface area contributed by atoms with Gasteiger partial charge in [0, 0.05) is 13.1 Å². The number of piperidine rings is 1. The second kappa shape index (κ2) is 5.83. The maximum atomic E-state index is 12.5. The van der Waals surface area contributed by atoms with Gasteiger partial charge in [-0.3, -0.25) is 4.79 Å². The van der Waals surface area contributed by atoms with Crippen molar-refractivity contribution in [2.45, 2.75) is 32.7 Å². The molecule has 2 aliphatic rings. The molecule has 2 aliphatic heterocycles. The SMILES string of the molecule is CCC1COCCN1C(=O)C1CNCC(C)C1. The van der Waals surface area contributed by atoms with E-state index in [4.69, 9.17) is 4.74 Å². The number of carbonyl (C=O) groups excluding carboxylic acids is 1. The van der Waals surface area contributed by atoms with Gasteiger partial charge in [0.2, 0.25) is 5.91 Å².